The van der Waals surface area contributed by atoms with Crippen LogP contribution in [0, 0.1) is 0 Å². The normalized spacial score (nSPS) is 17.4. The van der Waals surface area contributed by atoms with Crippen LogP contribution in [0.25, 0.3) is 0 Å². The van der Waals surface area contributed by atoms with Gasteiger partial charge >= 0.3 is 0 Å². The molecule has 1 aromatic rings. The van der Waals surface area contributed by atoms with Crippen molar-refractivity contribution in [3.05, 3.63) is 22.2 Å². The van der Waals surface area contributed by atoms with Crippen LogP contribution in [0.5, 0.6) is 0 Å². The van der Waals surface area contributed by atoms with Crippen LogP contribution >= 0.6 is 23.2 Å². The fraction of sp³-hybridized carbons (Fsp3) is 0.500. The minimum Gasteiger partial charge on any atom is -0.399 e. The Hall–Kier alpha value is -0.780. The van der Waals surface area contributed by atoms with Crippen LogP contribution in [0.1, 0.15) is 32.1 Å². The highest BCUT2D eigenvalue weighted by Gasteiger charge is 2.22. The van der Waals surface area contributed by atoms with Crippen molar-refractivity contribution in [1.82, 2.24) is 0 Å². The third kappa shape index (κ3) is 4.59. The van der Waals surface area contributed by atoms with Gasteiger partial charge < -0.3 is 11.1 Å². The van der Waals surface area contributed by atoms with Crippen LogP contribution in [0.4, 0.5) is 11.4 Å². The number of carbonyl (C=O) groups excluding carboxylic acids is 1. The monoisotopic (exact) mass is 348 g/mol. The van der Waals surface area contributed by atoms with Crippen molar-refractivity contribution < 1.29 is 9.00 Å². The SMILES string of the molecule is Nc1cc(Cl)c(NC(=O)CS(=O)C2CCCCC2)c(Cl)c1. The molecule has 1 unspecified atom stereocenters. The predicted octanol–water partition coefficient (Wildman–Crippen LogP) is 3.60. The molecule has 116 valence electrons. The Bertz CT molecular complexity index is 537. The lowest BCUT2D eigenvalue weighted by molar-refractivity contribution is -0.113. The Morgan fingerprint density at radius 2 is 1.81 bits per heavy atom. The van der Waals surface area contributed by atoms with E-state index < -0.39 is 10.8 Å². The molecule has 0 saturated heterocycles. The topological polar surface area (TPSA) is 72.2 Å². The van der Waals surface area contributed by atoms with Crippen LogP contribution in [0.3, 0.4) is 0 Å². The lowest BCUT2D eigenvalue weighted by Crippen LogP contribution is -2.27. The highest BCUT2D eigenvalue weighted by Crippen LogP contribution is 2.32. The molecular weight excluding hydrogens is 331 g/mol. The molecule has 21 heavy (non-hydrogen) atoms. The van der Waals surface area contributed by atoms with Crippen LogP contribution in [0.15, 0.2) is 12.1 Å². The van der Waals surface area contributed by atoms with Gasteiger partial charge in [-0.3, -0.25) is 9.00 Å². The summed E-state index contributed by atoms with van der Waals surface area (Å²) in [4.78, 5) is 12.0. The van der Waals surface area contributed by atoms with Crippen molar-refractivity contribution >= 4 is 51.3 Å². The first-order chi connectivity index (χ1) is 9.97. The van der Waals surface area contributed by atoms with E-state index in [1.54, 1.807) is 0 Å². The van der Waals surface area contributed by atoms with Gasteiger partial charge in [-0.2, -0.15) is 0 Å². The summed E-state index contributed by atoms with van der Waals surface area (Å²) in [5, 5.41) is 3.30. The molecule has 0 aliphatic heterocycles. The van der Waals surface area contributed by atoms with Gasteiger partial charge in [0.05, 0.1) is 15.7 Å². The predicted molar refractivity (Wildman–Crippen MR) is 89.4 cm³/mol. The summed E-state index contributed by atoms with van der Waals surface area (Å²) < 4.78 is 12.2. The number of rotatable bonds is 4. The van der Waals surface area contributed by atoms with Gasteiger partial charge in [0.1, 0.15) is 5.75 Å². The highest BCUT2D eigenvalue weighted by molar-refractivity contribution is 7.86. The molecule has 1 fully saturated rings. The van der Waals surface area contributed by atoms with Crippen LogP contribution in [0.2, 0.25) is 10.0 Å². The zero-order chi connectivity index (χ0) is 15.4. The average Bonchev–Trinajstić information content (AvgIpc) is 2.43. The van der Waals surface area contributed by atoms with E-state index in [0.29, 0.717) is 11.4 Å². The van der Waals surface area contributed by atoms with Crippen molar-refractivity contribution in [1.29, 1.82) is 0 Å². The first-order valence-corrected chi connectivity index (χ1v) is 9.02. The van der Waals surface area contributed by atoms with E-state index in [9.17, 15) is 9.00 Å². The van der Waals surface area contributed by atoms with Crippen LogP contribution in [-0.2, 0) is 15.6 Å². The summed E-state index contributed by atoms with van der Waals surface area (Å²) in [6.45, 7) is 0. The Labute approximate surface area is 136 Å². The van der Waals surface area contributed by atoms with Crippen molar-refractivity contribution in [3.8, 4) is 0 Å². The first-order valence-electron chi connectivity index (χ1n) is 6.89. The maximum atomic E-state index is 12.2. The van der Waals surface area contributed by atoms with Crippen molar-refractivity contribution in [2.75, 3.05) is 16.8 Å². The van der Waals surface area contributed by atoms with Crippen LogP contribution in [-0.4, -0.2) is 21.1 Å². The zero-order valence-electron chi connectivity index (χ0n) is 11.5. The lowest BCUT2D eigenvalue weighted by atomic mass is 10.0. The molecule has 1 aromatic carbocycles. The fourth-order valence-electron chi connectivity index (χ4n) is 2.46. The zero-order valence-corrected chi connectivity index (χ0v) is 13.9. The van der Waals surface area contributed by atoms with E-state index >= 15 is 0 Å². The summed E-state index contributed by atoms with van der Waals surface area (Å²) >= 11 is 12.0. The van der Waals surface area contributed by atoms with Gasteiger partial charge in [-0.05, 0) is 25.0 Å². The van der Waals surface area contributed by atoms with E-state index in [1.807, 2.05) is 0 Å². The third-order valence-corrected chi connectivity index (χ3v) is 5.88. The quantitative estimate of drug-likeness (QED) is 0.816. The van der Waals surface area contributed by atoms with Crippen molar-refractivity contribution in [2.24, 2.45) is 0 Å². The number of carbonyl (C=O) groups is 1. The molecule has 0 aromatic heterocycles. The number of halogens is 2. The fourth-order valence-corrected chi connectivity index (χ4v) is 4.49. The Kier molecular flexibility index (Phi) is 5.90. The van der Waals surface area contributed by atoms with Gasteiger partial charge in [0.2, 0.25) is 5.91 Å². The van der Waals surface area contributed by atoms with Gasteiger partial charge in [-0.15, -0.1) is 0 Å². The Balaban J connectivity index is 1.97. The second-order valence-corrected chi connectivity index (χ2v) is 7.72. The van der Waals surface area contributed by atoms with Gasteiger partial charge in [0.15, 0.2) is 0 Å². The van der Waals surface area contributed by atoms with E-state index in [1.165, 1.54) is 18.6 Å². The number of hydrogen-bond acceptors (Lipinski definition) is 3. The number of hydrogen-bond donors (Lipinski definition) is 2. The molecule has 4 nitrogen and oxygen atoms in total. The first kappa shape index (κ1) is 16.6. The summed E-state index contributed by atoms with van der Waals surface area (Å²) in [5.41, 5.74) is 6.35. The number of nitrogen functional groups attached to an aromatic ring is 1. The minimum absolute atomic E-state index is 0.0261. The van der Waals surface area contributed by atoms with E-state index in [0.717, 1.165) is 25.7 Å². The minimum atomic E-state index is -1.15. The van der Waals surface area contributed by atoms with Crippen molar-refractivity contribution in [3.63, 3.8) is 0 Å². The molecule has 1 saturated carbocycles. The number of nitrogens with one attached hydrogen (secondary N) is 1. The van der Waals surface area contributed by atoms with E-state index in [2.05, 4.69) is 5.32 Å². The molecule has 1 atom stereocenters. The number of nitrogens with two attached hydrogens (primary N) is 1. The van der Waals surface area contributed by atoms with Crippen molar-refractivity contribution in [2.45, 2.75) is 37.4 Å². The summed E-state index contributed by atoms with van der Waals surface area (Å²) in [7, 11) is -1.15. The summed E-state index contributed by atoms with van der Waals surface area (Å²) in [5.74, 6) is -0.366. The lowest BCUT2D eigenvalue weighted by Gasteiger charge is -2.20. The molecule has 0 spiro atoms. The Morgan fingerprint density at radius 1 is 1.24 bits per heavy atom. The average molecular weight is 349 g/mol. The molecule has 3 N–H and O–H groups in total. The third-order valence-electron chi connectivity index (χ3n) is 3.53. The molecular formula is C14H18Cl2N2O2S. The smallest absolute Gasteiger partial charge is 0.237 e. The van der Waals surface area contributed by atoms with Gasteiger partial charge in [0, 0.05) is 21.7 Å². The molecule has 7 heteroatoms. The standard InChI is InChI=1S/C14H18Cl2N2O2S/c15-11-6-9(17)7-12(16)14(11)18-13(19)8-21(20)10-4-2-1-3-5-10/h6-7,10H,1-5,8,17H2,(H,18,19). The molecule has 0 heterocycles. The summed E-state index contributed by atoms with van der Waals surface area (Å²) in [6, 6.07) is 3.03. The Morgan fingerprint density at radius 3 is 2.38 bits per heavy atom. The molecule has 2 rings (SSSR count). The largest absolute Gasteiger partial charge is 0.399 e. The van der Waals surface area contributed by atoms with Gasteiger partial charge in [0.25, 0.3) is 0 Å². The molecule has 1 aliphatic rings. The van der Waals surface area contributed by atoms with Crippen LogP contribution < -0.4 is 11.1 Å². The molecule has 0 radical (unpaired) electrons. The number of amides is 1. The van der Waals surface area contributed by atoms with Gasteiger partial charge in [-0.1, -0.05) is 42.5 Å². The van der Waals surface area contributed by atoms with Gasteiger partial charge in [-0.25, -0.2) is 0 Å². The maximum absolute atomic E-state index is 12.2. The van der Waals surface area contributed by atoms with E-state index in [-0.39, 0.29) is 27.0 Å². The second-order valence-electron chi connectivity index (χ2n) is 5.19. The van der Waals surface area contributed by atoms with E-state index in [4.69, 9.17) is 28.9 Å². The number of anilines is 2. The second kappa shape index (κ2) is 7.47. The number of benzene rings is 1. The highest BCUT2D eigenvalue weighted by atomic mass is 35.5. The molecule has 1 amide bonds. The molecule has 0 bridgehead atoms. The molecule has 1 aliphatic carbocycles. The summed E-state index contributed by atoms with van der Waals surface area (Å²) in [6.07, 6.45) is 5.24. The maximum Gasteiger partial charge on any atom is 0.237 e.